The Labute approximate surface area is 99.8 Å². The van der Waals surface area contributed by atoms with E-state index in [-0.39, 0.29) is 17.8 Å². The number of anilines is 1. The quantitative estimate of drug-likeness (QED) is 0.797. The van der Waals surface area contributed by atoms with Gasteiger partial charge in [0, 0.05) is 25.3 Å². The highest BCUT2D eigenvalue weighted by Gasteiger charge is 2.29. The van der Waals surface area contributed by atoms with Crippen LogP contribution in [0.4, 0.5) is 10.1 Å². The Morgan fingerprint density at radius 2 is 2.41 bits per heavy atom. The topological polar surface area (TPSA) is 44.4 Å². The van der Waals surface area contributed by atoms with Gasteiger partial charge in [-0.2, -0.15) is 0 Å². The van der Waals surface area contributed by atoms with E-state index in [1.165, 1.54) is 12.1 Å². The van der Waals surface area contributed by atoms with Crippen LogP contribution in [0.15, 0.2) is 24.3 Å². The maximum Gasteiger partial charge on any atom is 0.244 e. The van der Waals surface area contributed by atoms with E-state index in [1.807, 2.05) is 11.0 Å². The van der Waals surface area contributed by atoms with E-state index in [4.69, 9.17) is 0 Å². The third-order valence-corrected chi connectivity index (χ3v) is 2.87. The molecule has 0 bridgehead atoms. The molecular formula is C12H16FN3O. The molecule has 1 fully saturated rings. The molecule has 2 rings (SSSR count). The van der Waals surface area contributed by atoms with Gasteiger partial charge < -0.3 is 15.5 Å². The summed E-state index contributed by atoms with van der Waals surface area (Å²) in [4.78, 5) is 13.7. The van der Waals surface area contributed by atoms with Gasteiger partial charge in [0.15, 0.2) is 0 Å². The number of likely N-dealkylation sites (N-methyl/N-ethyl adjacent to an activating group) is 1. The normalized spacial score (nSPS) is 20.2. The van der Waals surface area contributed by atoms with E-state index in [0.29, 0.717) is 19.6 Å². The molecule has 1 saturated heterocycles. The van der Waals surface area contributed by atoms with Crippen LogP contribution in [-0.4, -0.2) is 38.6 Å². The Balaban J connectivity index is 2.24. The minimum Gasteiger partial charge on any atom is -0.357 e. The monoisotopic (exact) mass is 237 g/mol. The molecule has 1 amide bonds. The van der Waals surface area contributed by atoms with Gasteiger partial charge >= 0.3 is 0 Å². The van der Waals surface area contributed by atoms with Crippen molar-refractivity contribution < 1.29 is 9.18 Å². The lowest BCUT2D eigenvalue weighted by atomic mass is 10.1. The van der Waals surface area contributed by atoms with Crippen molar-refractivity contribution in [2.45, 2.75) is 6.04 Å². The number of nitrogens with one attached hydrogen (secondary N) is 2. The molecule has 1 aliphatic rings. The second-order valence-corrected chi connectivity index (χ2v) is 4.04. The largest absolute Gasteiger partial charge is 0.357 e. The molecule has 1 aromatic rings. The van der Waals surface area contributed by atoms with Gasteiger partial charge in [-0.3, -0.25) is 4.79 Å². The number of carbonyl (C=O) groups excluding carboxylic acids is 1. The fraction of sp³-hybridized carbons (Fsp3) is 0.417. The first-order chi connectivity index (χ1) is 8.22. The van der Waals surface area contributed by atoms with Gasteiger partial charge in [-0.05, 0) is 25.2 Å². The molecule has 0 aromatic heterocycles. The van der Waals surface area contributed by atoms with Crippen molar-refractivity contribution in [3.8, 4) is 0 Å². The molecule has 0 aliphatic carbocycles. The van der Waals surface area contributed by atoms with Crippen LogP contribution in [0.5, 0.6) is 0 Å². The number of halogens is 1. The first kappa shape index (κ1) is 11.9. The van der Waals surface area contributed by atoms with Crippen molar-refractivity contribution in [1.29, 1.82) is 0 Å². The molecule has 4 nitrogen and oxygen atoms in total. The molecule has 0 spiro atoms. The fourth-order valence-corrected chi connectivity index (χ4v) is 2.07. The van der Waals surface area contributed by atoms with Gasteiger partial charge in [0.05, 0.1) is 0 Å². The number of piperazine rings is 1. The molecule has 1 heterocycles. The van der Waals surface area contributed by atoms with E-state index in [2.05, 4.69) is 10.6 Å². The van der Waals surface area contributed by atoms with Crippen molar-refractivity contribution in [2.24, 2.45) is 0 Å². The maximum absolute atomic E-state index is 13.2. The van der Waals surface area contributed by atoms with E-state index in [0.717, 1.165) is 5.69 Å². The van der Waals surface area contributed by atoms with Crippen LogP contribution in [0.3, 0.4) is 0 Å². The molecule has 0 radical (unpaired) electrons. The van der Waals surface area contributed by atoms with Crippen molar-refractivity contribution >= 4 is 11.6 Å². The molecule has 1 atom stereocenters. The summed E-state index contributed by atoms with van der Waals surface area (Å²) < 4.78 is 13.2. The minimum absolute atomic E-state index is 0.0186. The molecule has 0 saturated carbocycles. The Hall–Kier alpha value is -1.62. The summed E-state index contributed by atoms with van der Waals surface area (Å²) in [5, 5.41) is 5.80. The van der Waals surface area contributed by atoms with Crippen LogP contribution in [0, 0.1) is 5.82 Å². The third-order valence-electron chi connectivity index (χ3n) is 2.87. The predicted octanol–water partition coefficient (Wildman–Crippen LogP) is 0.350. The van der Waals surface area contributed by atoms with Crippen LogP contribution in [0.2, 0.25) is 0 Å². The zero-order chi connectivity index (χ0) is 12.3. The predicted molar refractivity (Wildman–Crippen MR) is 64.5 cm³/mol. The zero-order valence-corrected chi connectivity index (χ0v) is 9.74. The SMILES string of the molecule is CNCC1C(=O)NCCN1c1cccc(F)c1. The van der Waals surface area contributed by atoms with Crippen molar-refractivity contribution in [2.75, 3.05) is 31.6 Å². The molecule has 1 aromatic carbocycles. The Kier molecular flexibility index (Phi) is 3.58. The summed E-state index contributed by atoms with van der Waals surface area (Å²) in [6.45, 7) is 1.83. The van der Waals surface area contributed by atoms with Gasteiger partial charge in [0.25, 0.3) is 0 Å². The third kappa shape index (κ3) is 2.55. The lowest BCUT2D eigenvalue weighted by molar-refractivity contribution is -0.123. The molecular weight excluding hydrogens is 221 g/mol. The van der Waals surface area contributed by atoms with Gasteiger partial charge in [0.2, 0.25) is 5.91 Å². The van der Waals surface area contributed by atoms with Crippen LogP contribution < -0.4 is 15.5 Å². The van der Waals surface area contributed by atoms with Gasteiger partial charge in [-0.15, -0.1) is 0 Å². The molecule has 1 unspecified atom stereocenters. The number of hydrogen-bond acceptors (Lipinski definition) is 3. The molecule has 2 N–H and O–H groups in total. The standard InChI is InChI=1S/C12H16FN3O/c1-14-8-11-12(17)15-5-6-16(11)10-4-2-3-9(13)7-10/h2-4,7,11,14H,5-6,8H2,1H3,(H,15,17). The number of benzene rings is 1. The van der Waals surface area contributed by atoms with Crippen LogP contribution in [0.25, 0.3) is 0 Å². The highest BCUT2D eigenvalue weighted by molar-refractivity contribution is 5.86. The Morgan fingerprint density at radius 1 is 1.59 bits per heavy atom. The number of nitrogens with zero attached hydrogens (tertiary/aromatic N) is 1. The second kappa shape index (κ2) is 5.14. The lowest BCUT2D eigenvalue weighted by Gasteiger charge is -2.36. The van der Waals surface area contributed by atoms with E-state index < -0.39 is 0 Å². The number of amides is 1. The number of carbonyl (C=O) groups is 1. The lowest BCUT2D eigenvalue weighted by Crippen LogP contribution is -2.58. The fourth-order valence-electron chi connectivity index (χ4n) is 2.07. The van der Waals surface area contributed by atoms with Crippen molar-refractivity contribution in [3.63, 3.8) is 0 Å². The average molecular weight is 237 g/mol. The summed E-state index contributed by atoms with van der Waals surface area (Å²) in [5.74, 6) is -0.299. The highest BCUT2D eigenvalue weighted by atomic mass is 19.1. The molecule has 1 aliphatic heterocycles. The first-order valence-corrected chi connectivity index (χ1v) is 5.67. The van der Waals surface area contributed by atoms with Crippen LogP contribution in [-0.2, 0) is 4.79 Å². The number of hydrogen-bond donors (Lipinski definition) is 2. The van der Waals surface area contributed by atoms with Gasteiger partial charge in [0.1, 0.15) is 11.9 Å². The molecule has 17 heavy (non-hydrogen) atoms. The zero-order valence-electron chi connectivity index (χ0n) is 9.74. The van der Waals surface area contributed by atoms with Crippen LogP contribution in [0.1, 0.15) is 0 Å². The summed E-state index contributed by atoms with van der Waals surface area (Å²) in [6, 6.07) is 6.07. The maximum atomic E-state index is 13.2. The van der Waals surface area contributed by atoms with Gasteiger partial charge in [-0.1, -0.05) is 6.07 Å². The number of rotatable bonds is 3. The minimum atomic E-state index is -0.282. The summed E-state index contributed by atoms with van der Waals surface area (Å²) in [5.41, 5.74) is 0.750. The average Bonchev–Trinajstić information content (AvgIpc) is 2.32. The van der Waals surface area contributed by atoms with Crippen molar-refractivity contribution in [3.05, 3.63) is 30.1 Å². The highest BCUT2D eigenvalue weighted by Crippen LogP contribution is 2.19. The van der Waals surface area contributed by atoms with Crippen LogP contribution >= 0.6 is 0 Å². The van der Waals surface area contributed by atoms with E-state index in [1.54, 1.807) is 13.1 Å². The Morgan fingerprint density at radius 3 is 3.12 bits per heavy atom. The summed E-state index contributed by atoms with van der Waals surface area (Å²) >= 11 is 0. The molecule has 5 heteroatoms. The first-order valence-electron chi connectivity index (χ1n) is 5.67. The Bertz CT molecular complexity index is 410. The van der Waals surface area contributed by atoms with E-state index >= 15 is 0 Å². The van der Waals surface area contributed by atoms with Crippen molar-refractivity contribution in [1.82, 2.24) is 10.6 Å². The summed E-state index contributed by atoms with van der Waals surface area (Å²) in [6.07, 6.45) is 0. The molecule has 92 valence electrons. The van der Waals surface area contributed by atoms with Gasteiger partial charge in [-0.25, -0.2) is 4.39 Å². The second-order valence-electron chi connectivity index (χ2n) is 4.04. The van der Waals surface area contributed by atoms with E-state index in [9.17, 15) is 9.18 Å². The summed E-state index contributed by atoms with van der Waals surface area (Å²) in [7, 11) is 1.80. The smallest absolute Gasteiger partial charge is 0.244 e.